The molecule has 106 valence electrons. The van der Waals surface area contributed by atoms with Crippen molar-refractivity contribution in [2.75, 3.05) is 26.7 Å². The Bertz CT molecular complexity index is 267. The Morgan fingerprint density at radius 3 is 2.78 bits per heavy atom. The predicted molar refractivity (Wildman–Crippen MR) is 75.9 cm³/mol. The number of nitrogens with one attached hydrogen (secondary N) is 1. The number of likely N-dealkylation sites (N-methyl/N-ethyl adjacent to an activating group) is 1. The Balaban J connectivity index is 2.02. The molecule has 2 rings (SSSR count). The van der Waals surface area contributed by atoms with E-state index in [2.05, 4.69) is 31.0 Å². The lowest BCUT2D eigenvalue weighted by molar-refractivity contribution is 0.00755. The Hall–Kier alpha value is -0.120. The highest BCUT2D eigenvalue weighted by Crippen LogP contribution is 2.40. The molecule has 3 unspecified atom stereocenters. The van der Waals surface area contributed by atoms with Gasteiger partial charge in [0.2, 0.25) is 0 Å². The Kier molecular flexibility index (Phi) is 4.68. The molecule has 1 saturated carbocycles. The van der Waals surface area contributed by atoms with E-state index in [-0.39, 0.29) is 0 Å². The van der Waals surface area contributed by atoms with Crippen LogP contribution in [0.2, 0.25) is 0 Å². The molecule has 1 heterocycles. The first kappa shape index (κ1) is 14.3. The first-order valence-corrected chi connectivity index (χ1v) is 7.58. The van der Waals surface area contributed by atoms with Crippen molar-refractivity contribution in [3.05, 3.63) is 0 Å². The number of rotatable bonds is 4. The summed E-state index contributed by atoms with van der Waals surface area (Å²) in [7, 11) is 1.86. The van der Waals surface area contributed by atoms with Crippen molar-refractivity contribution in [2.24, 2.45) is 5.41 Å². The van der Waals surface area contributed by atoms with Gasteiger partial charge in [-0.2, -0.15) is 0 Å². The predicted octanol–water partition coefficient (Wildman–Crippen LogP) is 2.26. The Morgan fingerprint density at radius 2 is 2.11 bits per heavy atom. The van der Waals surface area contributed by atoms with E-state index in [1.807, 2.05) is 7.11 Å². The summed E-state index contributed by atoms with van der Waals surface area (Å²) in [6.45, 7) is 10.5. The van der Waals surface area contributed by atoms with Crippen LogP contribution in [0.1, 0.15) is 46.5 Å². The van der Waals surface area contributed by atoms with E-state index in [1.165, 1.54) is 32.2 Å². The van der Waals surface area contributed by atoms with Gasteiger partial charge in [-0.1, -0.05) is 20.8 Å². The molecule has 18 heavy (non-hydrogen) atoms. The largest absolute Gasteiger partial charge is 0.380 e. The van der Waals surface area contributed by atoms with Crippen LogP contribution in [-0.4, -0.2) is 49.8 Å². The molecule has 1 aliphatic heterocycles. The van der Waals surface area contributed by atoms with Crippen molar-refractivity contribution in [1.82, 2.24) is 10.2 Å². The fourth-order valence-corrected chi connectivity index (χ4v) is 3.85. The lowest BCUT2D eigenvalue weighted by Crippen LogP contribution is -2.55. The van der Waals surface area contributed by atoms with E-state index >= 15 is 0 Å². The second-order valence-electron chi connectivity index (χ2n) is 6.62. The highest BCUT2D eigenvalue weighted by Gasteiger charge is 2.44. The molecule has 0 aromatic carbocycles. The molecule has 1 N–H and O–H groups in total. The molecule has 0 amide bonds. The summed E-state index contributed by atoms with van der Waals surface area (Å²) in [4.78, 5) is 2.68. The molecule has 0 aromatic heterocycles. The van der Waals surface area contributed by atoms with Gasteiger partial charge < -0.3 is 10.1 Å². The monoisotopic (exact) mass is 254 g/mol. The number of piperidine rings is 1. The molecule has 3 nitrogen and oxygen atoms in total. The van der Waals surface area contributed by atoms with Gasteiger partial charge in [-0.15, -0.1) is 0 Å². The van der Waals surface area contributed by atoms with Gasteiger partial charge in [0.05, 0.1) is 6.10 Å². The quantitative estimate of drug-likeness (QED) is 0.833. The smallest absolute Gasteiger partial charge is 0.0698 e. The van der Waals surface area contributed by atoms with E-state index in [9.17, 15) is 0 Å². The van der Waals surface area contributed by atoms with Crippen LogP contribution < -0.4 is 5.32 Å². The summed E-state index contributed by atoms with van der Waals surface area (Å²) >= 11 is 0. The molecule has 1 saturated heterocycles. The van der Waals surface area contributed by atoms with Crippen LogP contribution in [0.15, 0.2) is 0 Å². The molecule has 0 aromatic rings. The molecular weight excluding hydrogens is 224 g/mol. The molecule has 3 atom stereocenters. The maximum absolute atomic E-state index is 5.57. The van der Waals surface area contributed by atoms with Gasteiger partial charge in [0.1, 0.15) is 0 Å². The second-order valence-corrected chi connectivity index (χ2v) is 6.62. The highest BCUT2D eigenvalue weighted by atomic mass is 16.5. The minimum atomic E-state index is 0.431. The normalized spacial score (nSPS) is 37.0. The van der Waals surface area contributed by atoms with Gasteiger partial charge in [-0.3, -0.25) is 4.90 Å². The number of likely N-dealkylation sites (tertiary alicyclic amines) is 1. The highest BCUT2D eigenvalue weighted by molar-refractivity contribution is 5.01. The van der Waals surface area contributed by atoms with Crippen molar-refractivity contribution in [2.45, 2.75) is 64.6 Å². The van der Waals surface area contributed by atoms with Gasteiger partial charge in [-0.25, -0.2) is 0 Å². The van der Waals surface area contributed by atoms with Crippen LogP contribution in [0, 0.1) is 5.41 Å². The minimum Gasteiger partial charge on any atom is -0.380 e. The zero-order valence-electron chi connectivity index (χ0n) is 12.5. The summed E-state index contributed by atoms with van der Waals surface area (Å²) in [5, 5.41) is 3.73. The fourth-order valence-electron chi connectivity index (χ4n) is 3.85. The number of hydrogen-bond donors (Lipinski definition) is 1. The standard InChI is InChI=1S/C15H30N2O/c1-5-16-14-13(8-9-15(14,2)3)17-10-6-7-12(11-17)18-4/h12-14,16H,5-11H2,1-4H3. The third kappa shape index (κ3) is 2.89. The second kappa shape index (κ2) is 5.89. The van der Waals surface area contributed by atoms with Gasteiger partial charge >= 0.3 is 0 Å². The van der Waals surface area contributed by atoms with Gasteiger partial charge in [0.25, 0.3) is 0 Å². The Labute approximate surface area is 112 Å². The molecule has 0 bridgehead atoms. The number of hydrogen-bond acceptors (Lipinski definition) is 3. The summed E-state index contributed by atoms with van der Waals surface area (Å²) in [6, 6.07) is 1.34. The van der Waals surface area contributed by atoms with Gasteiger partial charge in [0.15, 0.2) is 0 Å². The zero-order chi connectivity index (χ0) is 13.2. The van der Waals surface area contributed by atoms with E-state index in [0.717, 1.165) is 13.1 Å². The minimum absolute atomic E-state index is 0.431. The van der Waals surface area contributed by atoms with Crippen LogP contribution in [-0.2, 0) is 4.74 Å². The molecule has 0 spiro atoms. The first-order valence-electron chi connectivity index (χ1n) is 7.58. The maximum atomic E-state index is 5.57. The Morgan fingerprint density at radius 1 is 1.33 bits per heavy atom. The van der Waals surface area contributed by atoms with E-state index in [1.54, 1.807) is 0 Å². The van der Waals surface area contributed by atoms with Crippen LogP contribution in [0.3, 0.4) is 0 Å². The first-order chi connectivity index (χ1) is 8.58. The molecule has 0 radical (unpaired) electrons. The zero-order valence-corrected chi connectivity index (χ0v) is 12.5. The molecular formula is C15H30N2O. The van der Waals surface area contributed by atoms with Crippen molar-refractivity contribution in [3.63, 3.8) is 0 Å². The lowest BCUT2D eigenvalue weighted by Gasteiger charge is -2.41. The SMILES string of the molecule is CCNC1C(N2CCCC(OC)C2)CCC1(C)C. The molecule has 3 heteroatoms. The van der Waals surface area contributed by atoms with Gasteiger partial charge in [0, 0.05) is 25.7 Å². The van der Waals surface area contributed by atoms with Crippen LogP contribution in [0.4, 0.5) is 0 Å². The topological polar surface area (TPSA) is 24.5 Å². The number of methoxy groups -OCH3 is 1. The van der Waals surface area contributed by atoms with Crippen LogP contribution >= 0.6 is 0 Å². The van der Waals surface area contributed by atoms with Crippen molar-refractivity contribution >= 4 is 0 Å². The van der Waals surface area contributed by atoms with Crippen LogP contribution in [0.5, 0.6) is 0 Å². The van der Waals surface area contributed by atoms with Crippen molar-refractivity contribution in [3.8, 4) is 0 Å². The van der Waals surface area contributed by atoms with Crippen molar-refractivity contribution in [1.29, 1.82) is 0 Å². The lowest BCUT2D eigenvalue weighted by atomic mass is 9.86. The summed E-state index contributed by atoms with van der Waals surface area (Å²) in [6.07, 6.45) is 5.64. The number of ether oxygens (including phenoxy) is 1. The van der Waals surface area contributed by atoms with Crippen molar-refractivity contribution < 1.29 is 4.74 Å². The van der Waals surface area contributed by atoms with E-state index in [0.29, 0.717) is 23.6 Å². The molecule has 2 aliphatic rings. The summed E-state index contributed by atoms with van der Waals surface area (Å²) in [5.74, 6) is 0. The van der Waals surface area contributed by atoms with E-state index in [4.69, 9.17) is 4.74 Å². The van der Waals surface area contributed by atoms with Crippen LogP contribution in [0.25, 0.3) is 0 Å². The fraction of sp³-hybridized carbons (Fsp3) is 1.00. The molecule has 1 aliphatic carbocycles. The third-order valence-electron chi connectivity index (χ3n) is 4.95. The average Bonchev–Trinajstić information content (AvgIpc) is 2.66. The van der Waals surface area contributed by atoms with Gasteiger partial charge in [-0.05, 0) is 44.2 Å². The number of nitrogens with zero attached hydrogens (tertiary/aromatic N) is 1. The molecule has 2 fully saturated rings. The third-order valence-corrected chi connectivity index (χ3v) is 4.95. The summed E-state index contributed by atoms with van der Waals surface area (Å²) in [5.41, 5.74) is 0.431. The van der Waals surface area contributed by atoms with E-state index < -0.39 is 0 Å². The average molecular weight is 254 g/mol. The summed E-state index contributed by atoms with van der Waals surface area (Å²) < 4.78 is 5.57. The maximum Gasteiger partial charge on any atom is 0.0698 e.